The molecule has 9 heteroatoms. The lowest BCUT2D eigenvalue weighted by Gasteiger charge is -2.42. The largest absolute Gasteiger partial charge is 0.496 e. The summed E-state index contributed by atoms with van der Waals surface area (Å²) in [6.07, 6.45) is 0.711. The third kappa shape index (κ3) is 8.10. The van der Waals surface area contributed by atoms with Crippen LogP contribution >= 0.6 is 11.6 Å². The predicted molar refractivity (Wildman–Crippen MR) is 184 cm³/mol. The normalized spacial score (nSPS) is 18.3. The van der Waals surface area contributed by atoms with Crippen LogP contribution in [0.3, 0.4) is 0 Å². The van der Waals surface area contributed by atoms with Crippen LogP contribution < -0.4 is 10.1 Å². The molecule has 0 saturated carbocycles. The molecule has 2 amide bonds. The van der Waals surface area contributed by atoms with Crippen LogP contribution in [0.2, 0.25) is 5.02 Å². The van der Waals surface area contributed by atoms with Gasteiger partial charge in [0.1, 0.15) is 11.8 Å². The third-order valence-corrected chi connectivity index (χ3v) is 9.87. The van der Waals surface area contributed by atoms with Gasteiger partial charge in [0.15, 0.2) is 0 Å². The van der Waals surface area contributed by atoms with E-state index >= 15 is 0 Å². The molecule has 0 spiro atoms. The Labute approximate surface area is 279 Å². The first-order chi connectivity index (χ1) is 22.3. The Morgan fingerprint density at radius 1 is 0.957 bits per heavy atom. The minimum absolute atomic E-state index is 0.0104. The Kier molecular flexibility index (Phi) is 11.7. The number of hydrogen-bond acceptors (Lipinski definition) is 6. The van der Waals surface area contributed by atoms with E-state index in [1.165, 1.54) is 16.7 Å². The number of nitrogens with zero attached hydrogens (tertiary/aromatic N) is 4. The molecule has 0 aliphatic carbocycles. The zero-order valence-corrected chi connectivity index (χ0v) is 28.4. The minimum atomic E-state index is -0.664. The predicted octanol–water partition coefficient (Wildman–Crippen LogP) is 5.18. The molecule has 2 heterocycles. The van der Waals surface area contributed by atoms with E-state index in [-0.39, 0.29) is 23.9 Å². The number of benzene rings is 3. The lowest BCUT2D eigenvalue weighted by molar-refractivity contribution is -0.138. The van der Waals surface area contributed by atoms with E-state index in [9.17, 15) is 9.59 Å². The van der Waals surface area contributed by atoms with Crippen LogP contribution in [-0.4, -0.2) is 97.4 Å². The number of carbonyl (C=O) groups excluding carboxylic acids is 2. The fourth-order valence-electron chi connectivity index (χ4n) is 6.92. The number of methoxy groups -OCH3 is 1. The van der Waals surface area contributed by atoms with E-state index in [2.05, 4.69) is 58.1 Å². The molecule has 0 bridgehead atoms. The maximum Gasteiger partial charge on any atom is 0.245 e. The van der Waals surface area contributed by atoms with Gasteiger partial charge in [0.05, 0.1) is 13.2 Å². The van der Waals surface area contributed by atoms with Gasteiger partial charge in [-0.25, -0.2) is 0 Å². The zero-order valence-electron chi connectivity index (χ0n) is 27.6. The number of piperazine rings is 1. The van der Waals surface area contributed by atoms with Crippen LogP contribution in [0.1, 0.15) is 54.6 Å². The van der Waals surface area contributed by atoms with E-state index < -0.39 is 6.04 Å². The van der Waals surface area contributed by atoms with Crippen LogP contribution in [0, 0.1) is 0 Å². The Morgan fingerprint density at radius 3 is 2.33 bits per heavy atom. The molecule has 0 radical (unpaired) electrons. The summed E-state index contributed by atoms with van der Waals surface area (Å²) >= 11 is 6.15. The number of nitrogens with one attached hydrogen (secondary N) is 1. The Balaban J connectivity index is 1.30. The molecule has 3 aromatic rings. The summed E-state index contributed by atoms with van der Waals surface area (Å²) in [4.78, 5) is 36.7. The van der Waals surface area contributed by atoms with E-state index in [1.807, 2.05) is 60.5 Å². The topological polar surface area (TPSA) is 68.4 Å². The summed E-state index contributed by atoms with van der Waals surface area (Å²) in [5.74, 6) is 0.732. The maximum atomic E-state index is 14.2. The quantitative estimate of drug-likeness (QED) is 0.276. The first-order valence-corrected chi connectivity index (χ1v) is 16.9. The molecule has 1 fully saturated rings. The lowest BCUT2D eigenvalue weighted by Crippen LogP contribution is -2.56. The molecular weight excluding hydrogens is 598 g/mol. The van der Waals surface area contributed by atoms with Crippen LogP contribution in [0.25, 0.3) is 0 Å². The molecule has 246 valence electrons. The highest BCUT2D eigenvalue weighted by Crippen LogP contribution is 2.35. The van der Waals surface area contributed by atoms with Gasteiger partial charge in [-0.15, -0.1) is 0 Å². The van der Waals surface area contributed by atoms with E-state index in [0.29, 0.717) is 31.0 Å². The molecule has 2 aliphatic heterocycles. The summed E-state index contributed by atoms with van der Waals surface area (Å²) < 4.78 is 5.77. The van der Waals surface area contributed by atoms with Gasteiger partial charge in [-0.05, 0) is 55.0 Å². The van der Waals surface area contributed by atoms with Gasteiger partial charge in [-0.3, -0.25) is 19.4 Å². The molecule has 8 nitrogen and oxygen atoms in total. The highest BCUT2D eigenvalue weighted by molar-refractivity contribution is 6.30. The zero-order chi connectivity index (χ0) is 32.6. The summed E-state index contributed by atoms with van der Waals surface area (Å²) in [5, 5.41) is 3.79. The molecular formula is C37H48ClN5O3. The molecule has 3 aromatic carbocycles. The fourth-order valence-corrected chi connectivity index (χ4v) is 7.05. The molecule has 5 rings (SSSR count). The van der Waals surface area contributed by atoms with Crippen LogP contribution in [0.15, 0.2) is 72.8 Å². The van der Waals surface area contributed by atoms with Crippen LogP contribution in [0.4, 0.5) is 0 Å². The Bertz CT molecular complexity index is 1460. The maximum absolute atomic E-state index is 14.2. The standard InChI is InChI=1S/C37H48ClN5O3/c1-5-41(6-2)26-34(31-13-9-10-14-35(31)46-4)42-19-21-43(22-20-42)37(45)32(23-27-15-17-29(38)18-16-27)39-36(44)24-33-30-12-8-7-11-28(30)25-40(33)3/h7-18,32-34H,5-6,19-26H2,1-4H3,(H,39,44)/t32-,33?,34?/m1/s1. The van der Waals surface area contributed by atoms with Crippen molar-refractivity contribution in [1.29, 1.82) is 0 Å². The van der Waals surface area contributed by atoms with Gasteiger partial charge in [0, 0.05) is 68.7 Å². The summed E-state index contributed by atoms with van der Waals surface area (Å²) in [5.41, 5.74) is 4.57. The number of carbonyl (C=O) groups is 2. The van der Waals surface area contributed by atoms with Crippen molar-refractivity contribution in [3.8, 4) is 5.75 Å². The average Bonchev–Trinajstić information content (AvgIpc) is 3.40. The number of likely N-dealkylation sites (N-methyl/N-ethyl adjacent to an activating group) is 1. The van der Waals surface area contributed by atoms with E-state index in [1.54, 1.807) is 7.11 Å². The van der Waals surface area contributed by atoms with Crippen molar-refractivity contribution in [3.05, 3.63) is 100 Å². The number of fused-ring (bicyclic) bond motifs is 1. The highest BCUT2D eigenvalue weighted by atomic mass is 35.5. The van der Waals surface area contributed by atoms with Crippen molar-refractivity contribution in [3.63, 3.8) is 0 Å². The smallest absolute Gasteiger partial charge is 0.245 e. The minimum Gasteiger partial charge on any atom is -0.496 e. The average molecular weight is 646 g/mol. The molecule has 46 heavy (non-hydrogen) atoms. The van der Waals surface area contributed by atoms with E-state index in [0.717, 1.165) is 50.6 Å². The third-order valence-electron chi connectivity index (χ3n) is 9.62. The second-order valence-electron chi connectivity index (χ2n) is 12.4. The lowest BCUT2D eigenvalue weighted by atomic mass is 10.0. The molecule has 2 unspecified atom stereocenters. The second kappa shape index (κ2) is 15.9. The number of ether oxygens (including phenoxy) is 1. The molecule has 3 atom stereocenters. The van der Waals surface area contributed by atoms with Gasteiger partial charge in [-0.1, -0.05) is 80.0 Å². The number of rotatable bonds is 13. The van der Waals surface area contributed by atoms with Crippen molar-refractivity contribution in [2.45, 2.75) is 51.4 Å². The highest BCUT2D eigenvalue weighted by Gasteiger charge is 2.34. The first-order valence-electron chi connectivity index (χ1n) is 16.5. The number of para-hydroxylation sites is 1. The molecule has 1 N–H and O–H groups in total. The van der Waals surface area contributed by atoms with Crippen molar-refractivity contribution in [1.82, 2.24) is 24.9 Å². The van der Waals surface area contributed by atoms with Gasteiger partial charge in [0.2, 0.25) is 11.8 Å². The second-order valence-corrected chi connectivity index (χ2v) is 12.8. The first kappa shape index (κ1) is 33.9. The van der Waals surface area contributed by atoms with E-state index in [4.69, 9.17) is 16.3 Å². The number of amides is 2. The summed E-state index contributed by atoms with van der Waals surface area (Å²) in [6.45, 7) is 10.7. The number of halogens is 1. The van der Waals surface area contributed by atoms with Crippen molar-refractivity contribution in [2.75, 3.05) is 60.0 Å². The van der Waals surface area contributed by atoms with Crippen molar-refractivity contribution >= 4 is 23.4 Å². The van der Waals surface area contributed by atoms with Gasteiger partial charge in [0.25, 0.3) is 0 Å². The Hall–Kier alpha value is -3.43. The van der Waals surface area contributed by atoms with Gasteiger partial charge in [-0.2, -0.15) is 0 Å². The molecule has 2 aliphatic rings. The Morgan fingerprint density at radius 2 is 1.63 bits per heavy atom. The molecule has 0 aromatic heterocycles. The van der Waals surface area contributed by atoms with Gasteiger partial charge >= 0.3 is 0 Å². The molecule has 1 saturated heterocycles. The SMILES string of the molecule is CCN(CC)CC(c1ccccc1OC)N1CCN(C(=O)[C@@H](Cc2ccc(Cl)cc2)NC(=O)CC2c3ccccc3CN2C)CC1. The van der Waals surface area contributed by atoms with Crippen LogP contribution in [0.5, 0.6) is 5.75 Å². The monoisotopic (exact) mass is 645 g/mol. The van der Waals surface area contributed by atoms with Crippen molar-refractivity contribution < 1.29 is 14.3 Å². The fraction of sp³-hybridized carbons (Fsp3) is 0.459. The number of hydrogen-bond donors (Lipinski definition) is 1. The summed E-state index contributed by atoms with van der Waals surface area (Å²) in [7, 11) is 3.77. The van der Waals surface area contributed by atoms with Gasteiger partial charge < -0.3 is 19.9 Å². The van der Waals surface area contributed by atoms with Crippen molar-refractivity contribution in [2.24, 2.45) is 0 Å². The summed E-state index contributed by atoms with van der Waals surface area (Å²) in [6, 6.07) is 23.5. The van der Waals surface area contributed by atoms with Crippen LogP contribution in [-0.2, 0) is 22.6 Å².